The zero-order valence-electron chi connectivity index (χ0n) is 11.3. The van der Waals surface area contributed by atoms with Gasteiger partial charge in [0, 0.05) is 14.6 Å². The van der Waals surface area contributed by atoms with Gasteiger partial charge in [-0.05, 0) is 41.8 Å². The highest BCUT2D eigenvalue weighted by Crippen LogP contribution is 2.33. The lowest BCUT2D eigenvalue weighted by Gasteiger charge is -2.16. The second kappa shape index (κ2) is 5.96. The second-order valence-corrected chi connectivity index (χ2v) is 6.28. The molecular weight excluding hydrogens is 286 g/mol. The molecule has 2 aromatic carbocycles. The van der Waals surface area contributed by atoms with Gasteiger partial charge in [0.1, 0.15) is 0 Å². The highest BCUT2D eigenvalue weighted by Gasteiger charge is 2.15. The van der Waals surface area contributed by atoms with Crippen LogP contribution in [0.15, 0.2) is 54.6 Å². The average molecular weight is 302 g/mol. The first kappa shape index (κ1) is 13.6. The van der Waals surface area contributed by atoms with Crippen LogP contribution in [-0.4, -0.2) is 6.54 Å². The third kappa shape index (κ3) is 2.73. The summed E-state index contributed by atoms with van der Waals surface area (Å²) in [6, 6.07) is 19.1. The summed E-state index contributed by atoms with van der Waals surface area (Å²) in [6.45, 7) is 3.07. The van der Waals surface area contributed by atoms with Gasteiger partial charge in [0.2, 0.25) is 0 Å². The lowest BCUT2D eigenvalue weighted by atomic mass is 10.0. The lowest BCUT2D eigenvalue weighted by molar-refractivity contribution is 0.640. The number of thiophene rings is 1. The molecule has 1 N–H and O–H groups in total. The molecule has 0 saturated carbocycles. The van der Waals surface area contributed by atoms with E-state index in [2.05, 4.69) is 54.7 Å². The van der Waals surface area contributed by atoms with Crippen molar-refractivity contribution in [2.24, 2.45) is 0 Å². The van der Waals surface area contributed by atoms with Crippen LogP contribution in [-0.2, 0) is 0 Å². The van der Waals surface area contributed by atoms with Crippen LogP contribution in [0.5, 0.6) is 0 Å². The van der Waals surface area contributed by atoms with Crippen LogP contribution in [0.2, 0.25) is 5.02 Å². The summed E-state index contributed by atoms with van der Waals surface area (Å²) in [5, 5.41) is 5.65. The molecule has 3 heteroatoms. The van der Waals surface area contributed by atoms with Crippen molar-refractivity contribution in [1.82, 2.24) is 5.32 Å². The van der Waals surface area contributed by atoms with E-state index in [9.17, 15) is 0 Å². The van der Waals surface area contributed by atoms with Gasteiger partial charge in [-0.15, -0.1) is 11.3 Å². The summed E-state index contributed by atoms with van der Waals surface area (Å²) in [6.07, 6.45) is 0. The van der Waals surface area contributed by atoms with Crippen molar-refractivity contribution in [2.45, 2.75) is 13.0 Å². The molecule has 3 rings (SSSR count). The molecule has 1 nitrogen and oxygen atoms in total. The molecule has 0 spiro atoms. The Morgan fingerprint density at radius 1 is 1.10 bits per heavy atom. The van der Waals surface area contributed by atoms with Gasteiger partial charge in [0.15, 0.2) is 0 Å². The minimum atomic E-state index is 0.231. The molecule has 0 amide bonds. The zero-order chi connectivity index (χ0) is 13.9. The molecule has 20 heavy (non-hydrogen) atoms. The first-order valence-corrected chi connectivity index (χ1v) is 7.94. The highest BCUT2D eigenvalue weighted by atomic mass is 35.5. The Morgan fingerprint density at radius 2 is 1.85 bits per heavy atom. The second-order valence-electron chi connectivity index (χ2n) is 4.73. The van der Waals surface area contributed by atoms with Crippen molar-refractivity contribution in [2.75, 3.05) is 6.54 Å². The van der Waals surface area contributed by atoms with E-state index in [-0.39, 0.29) is 6.04 Å². The van der Waals surface area contributed by atoms with Crippen LogP contribution in [0, 0.1) is 0 Å². The number of hydrogen-bond acceptors (Lipinski definition) is 2. The van der Waals surface area contributed by atoms with Crippen molar-refractivity contribution in [3.63, 3.8) is 0 Å². The smallest absolute Gasteiger partial charge is 0.0671 e. The summed E-state index contributed by atoms with van der Waals surface area (Å²) < 4.78 is 1.33. The van der Waals surface area contributed by atoms with Gasteiger partial charge in [-0.25, -0.2) is 0 Å². The summed E-state index contributed by atoms with van der Waals surface area (Å²) >= 11 is 7.83. The van der Waals surface area contributed by atoms with E-state index in [0.29, 0.717) is 0 Å². The standard InChI is InChI=1S/C17H16ClNS/c1-2-19-17(12-7-9-14(18)10-8-12)16-11-13-5-3-4-6-15(13)20-16/h3-11,17,19H,2H2,1H3. The van der Waals surface area contributed by atoms with Crippen molar-refractivity contribution in [3.05, 3.63) is 70.1 Å². The molecule has 0 aliphatic heterocycles. The van der Waals surface area contributed by atoms with Gasteiger partial charge >= 0.3 is 0 Å². The number of halogens is 1. The zero-order valence-corrected chi connectivity index (χ0v) is 12.8. The van der Waals surface area contributed by atoms with Crippen LogP contribution < -0.4 is 5.32 Å². The molecule has 0 aliphatic carbocycles. The molecule has 1 aromatic heterocycles. The maximum absolute atomic E-state index is 5.99. The van der Waals surface area contributed by atoms with Crippen molar-refractivity contribution < 1.29 is 0 Å². The number of hydrogen-bond donors (Lipinski definition) is 1. The minimum absolute atomic E-state index is 0.231. The lowest BCUT2D eigenvalue weighted by Crippen LogP contribution is -2.20. The van der Waals surface area contributed by atoms with Crippen molar-refractivity contribution in [1.29, 1.82) is 0 Å². The fraction of sp³-hybridized carbons (Fsp3) is 0.176. The van der Waals surface area contributed by atoms with Gasteiger partial charge in [-0.1, -0.05) is 48.9 Å². The molecule has 1 unspecified atom stereocenters. The highest BCUT2D eigenvalue weighted by molar-refractivity contribution is 7.19. The molecule has 0 aliphatic rings. The first-order valence-electron chi connectivity index (χ1n) is 6.75. The monoisotopic (exact) mass is 301 g/mol. The summed E-state index contributed by atoms with van der Waals surface area (Å²) in [7, 11) is 0. The quantitative estimate of drug-likeness (QED) is 0.693. The molecule has 0 saturated heterocycles. The Kier molecular flexibility index (Phi) is 4.06. The number of nitrogens with one attached hydrogen (secondary N) is 1. The number of rotatable bonds is 4. The first-order chi connectivity index (χ1) is 9.78. The Balaban J connectivity index is 2.03. The van der Waals surface area contributed by atoms with Crippen LogP contribution in [0.3, 0.4) is 0 Å². The molecule has 102 valence electrons. The van der Waals surface area contributed by atoms with Crippen molar-refractivity contribution >= 4 is 33.0 Å². The minimum Gasteiger partial charge on any atom is -0.306 e. The third-order valence-corrected chi connectivity index (χ3v) is 4.77. The van der Waals surface area contributed by atoms with Crippen molar-refractivity contribution in [3.8, 4) is 0 Å². The van der Waals surface area contributed by atoms with E-state index < -0.39 is 0 Å². The normalized spacial score (nSPS) is 12.7. The maximum Gasteiger partial charge on any atom is 0.0671 e. The number of benzene rings is 2. The predicted octanol–water partition coefficient (Wildman–Crippen LogP) is 5.25. The molecule has 1 atom stereocenters. The molecule has 0 radical (unpaired) electrons. The van der Waals surface area contributed by atoms with Gasteiger partial charge in [-0.3, -0.25) is 0 Å². The molecule has 0 fully saturated rings. The maximum atomic E-state index is 5.99. The Labute approximate surface area is 128 Å². The fourth-order valence-corrected chi connectivity index (χ4v) is 3.68. The van der Waals surface area contributed by atoms with Gasteiger partial charge in [0.25, 0.3) is 0 Å². The summed E-state index contributed by atoms with van der Waals surface area (Å²) in [5.74, 6) is 0. The van der Waals surface area contributed by atoms with Gasteiger partial charge in [0.05, 0.1) is 6.04 Å². The van der Waals surface area contributed by atoms with E-state index >= 15 is 0 Å². The predicted molar refractivity (Wildman–Crippen MR) is 88.8 cm³/mol. The summed E-state index contributed by atoms with van der Waals surface area (Å²) in [5.41, 5.74) is 1.25. The molecule has 1 heterocycles. The molecule has 0 bridgehead atoms. The SMILES string of the molecule is CCNC(c1ccc(Cl)cc1)c1cc2ccccc2s1. The van der Waals surface area contributed by atoms with E-state index in [0.717, 1.165) is 11.6 Å². The van der Waals surface area contributed by atoms with E-state index in [1.54, 1.807) is 0 Å². The van der Waals surface area contributed by atoms with Crippen LogP contribution in [0.25, 0.3) is 10.1 Å². The Bertz CT molecular complexity index is 669. The number of fused-ring (bicyclic) bond motifs is 1. The fourth-order valence-electron chi connectivity index (χ4n) is 2.39. The van der Waals surface area contributed by atoms with E-state index in [1.165, 1.54) is 20.5 Å². The van der Waals surface area contributed by atoms with Crippen LogP contribution in [0.4, 0.5) is 0 Å². The summed E-state index contributed by atoms with van der Waals surface area (Å²) in [4.78, 5) is 1.34. The largest absolute Gasteiger partial charge is 0.306 e. The van der Waals surface area contributed by atoms with E-state index in [1.807, 2.05) is 23.5 Å². The van der Waals surface area contributed by atoms with Crippen LogP contribution in [0.1, 0.15) is 23.4 Å². The van der Waals surface area contributed by atoms with Gasteiger partial charge in [-0.2, -0.15) is 0 Å². The van der Waals surface area contributed by atoms with Gasteiger partial charge < -0.3 is 5.32 Å². The average Bonchev–Trinajstić information content (AvgIpc) is 2.89. The topological polar surface area (TPSA) is 12.0 Å². The van der Waals surface area contributed by atoms with E-state index in [4.69, 9.17) is 11.6 Å². The molecular formula is C17H16ClNS. The third-order valence-electron chi connectivity index (χ3n) is 3.34. The Morgan fingerprint density at radius 3 is 2.55 bits per heavy atom. The molecule has 3 aromatic rings. The Hall–Kier alpha value is -1.35. The van der Waals surface area contributed by atoms with Crippen LogP contribution >= 0.6 is 22.9 Å².